The molecule has 1 heterocycles. The predicted molar refractivity (Wildman–Crippen MR) is 75.1 cm³/mol. The lowest BCUT2D eigenvalue weighted by Crippen LogP contribution is -2.41. The lowest BCUT2D eigenvalue weighted by Gasteiger charge is -2.08. The lowest BCUT2D eigenvalue weighted by molar-refractivity contribution is 0.0846. The van der Waals surface area contributed by atoms with Crippen LogP contribution in [0.15, 0.2) is 42.7 Å². The van der Waals surface area contributed by atoms with Crippen molar-refractivity contribution in [3.8, 4) is 6.07 Å². The largest absolute Gasteiger partial charge is 0.271 e. The van der Waals surface area contributed by atoms with Gasteiger partial charge in [-0.1, -0.05) is 6.07 Å². The van der Waals surface area contributed by atoms with E-state index in [0.717, 1.165) is 5.56 Å². The van der Waals surface area contributed by atoms with Crippen LogP contribution in [-0.2, 0) is 0 Å². The van der Waals surface area contributed by atoms with Crippen molar-refractivity contribution in [2.24, 2.45) is 0 Å². The van der Waals surface area contributed by atoms with Crippen molar-refractivity contribution in [1.82, 2.24) is 15.8 Å². The molecule has 2 rings (SSSR count). The van der Waals surface area contributed by atoms with E-state index in [1.54, 1.807) is 37.4 Å². The van der Waals surface area contributed by atoms with Gasteiger partial charge in [0.05, 0.1) is 17.2 Å². The molecule has 0 aliphatic carbocycles. The molecule has 6 nitrogen and oxygen atoms in total. The fourth-order valence-electron chi connectivity index (χ4n) is 1.64. The molecule has 1 aromatic carbocycles. The summed E-state index contributed by atoms with van der Waals surface area (Å²) >= 11 is 0. The molecule has 2 N–H and O–H groups in total. The molecule has 0 bridgehead atoms. The molecule has 0 saturated heterocycles. The highest BCUT2D eigenvalue weighted by Crippen LogP contribution is 2.09. The van der Waals surface area contributed by atoms with Gasteiger partial charge in [-0.15, -0.1) is 0 Å². The van der Waals surface area contributed by atoms with Crippen molar-refractivity contribution in [3.63, 3.8) is 0 Å². The second-order valence-electron chi connectivity index (χ2n) is 4.29. The van der Waals surface area contributed by atoms with E-state index in [0.29, 0.717) is 16.7 Å². The van der Waals surface area contributed by atoms with Crippen LogP contribution in [0.5, 0.6) is 0 Å². The van der Waals surface area contributed by atoms with E-state index in [-0.39, 0.29) is 0 Å². The van der Waals surface area contributed by atoms with Gasteiger partial charge in [-0.05, 0) is 36.8 Å². The molecule has 0 unspecified atom stereocenters. The van der Waals surface area contributed by atoms with Crippen LogP contribution in [-0.4, -0.2) is 16.8 Å². The highest BCUT2D eigenvalue weighted by Gasteiger charge is 2.10. The number of amides is 2. The third-order valence-electron chi connectivity index (χ3n) is 2.83. The average Bonchev–Trinajstić information content (AvgIpc) is 2.53. The number of benzene rings is 1. The minimum absolute atomic E-state index is 0.295. The Bertz CT molecular complexity index is 720. The predicted octanol–water partition coefficient (Wildman–Crippen LogP) is 1.34. The molecular formula is C15H12N4O2. The van der Waals surface area contributed by atoms with Gasteiger partial charge >= 0.3 is 0 Å². The molecule has 1 aromatic heterocycles. The normalized spacial score (nSPS) is 9.52. The number of rotatable bonds is 2. The molecule has 0 spiro atoms. The third kappa shape index (κ3) is 3.42. The molecule has 104 valence electrons. The summed E-state index contributed by atoms with van der Waals surface area (Å²) in [6, 6.07) is 9.94. The third-order valence-corrected chi connectivity index (χ3v) is 2.83. The molecule has 2 aromatic rings. The molecule has 0 atom stereocenters. The molecule has 0 aliphatic rings. The molecule has 0 fully saturated rings. The van der Waals surface area contributed by atoms with Gasteiger partial charge < -0.3 is 0 Å². The Labute approximate surface area is 121 Å². The average molecular weight is 280 g/mol. The lowest BCUT2D eigenvalue weighted by atomic mass is 10.1. The van der Waals surface area contributed by atoms with E-state index in [9.17, 15) is 9.59 Å². The van der Waals surface area contributed by atoms with Gasteiger partial charge in [0.15, 0.2) is 0 Å². The number of aromatic nitrogens is 1. The van der Waals surface area contributed by atoms with Gasteiger partial charge in [0.2, 0.25) is 0 Å². The smallest absolute Gasteiger partial charge is 0.267 e. The zero-order valence-electron chi connectivity index (χ0n) is 11.3. The number of aryl methyl sites for hydroxylation is 1. The number of hydrogen-bond donors (Lipinski definition) is 2. The first-order valence-corrected chi connectivity index (χ1v) is 6.13. The van der Waals surface area contributed by atoms with Crippen molar-refractivity contribution in [2.75, 3.05) is 0 Å². The summed E-state index contributed by atoms with van der Waals surface area (Å²) < 4.78 is 0. The van der Waals surface area contributed by atoms with Gasteiger partial charge in [-0.3, -0.25) is 25.4 Å². The Morgan fingerprint density at radius 2 is 1.86 bits per heavy atom. The first-order chi connectivity index (χ1) is 10.1. The minimum atomic E-state index is -0.497. The van der Waals surface area contributed by atoms with Gasteiger partial charge in [-0.2, -0.15) is 5.26 Å². The zero-order valence-corrected chi connectivity index (χ0v) is 11.3. The van der Waals surface area contributed by atoms with Crippen LogP contribution in [0.3, 0.4) is 0 Å². The molecule has 0 aliphatic heterocycles. The van der Waals surface area contributed by atoms with Crippen LogP contribution < -0.4 is 10.9 Å². The number of carbonyl (C=O) groups is 2. The Kier molecular flexibility index (Phi) is 4.26. The van der Waals surface area contributed by atoms with Crippen molar-refractivity contribution in [3.05, 3.63) is 65.0 Å². The maximum Gasteiger partial charge on any atom is 0.271 e. The van der Waals surface area contributed by atoms with Crippen molar-refractivity contribution < 1.29 is 9.59 Å². The summed E-state index contributed by atoms with van der Waals surface area (Å²) in [4.78, 5) is 27.5. The van der Waals surface area contributed by atoms with E-state index in [4.69, 9.17) is 5.26 Å². The number of nitrogens with zero attached hydrogens (tertiary/aromatic N) is 2. The Hall–Kier alpha value is -3.20. The number of hydrazine groups is 1. The topological polar surface area (TPSA) is 94.9 Å². The number of carbonyl (C=O) groups excluding carboxylic acids is 2. The van der Waals surface area contributed by atoms with Gasteiger partial charge in [0, 0.05) is 18.0 Å². The van der Waals surface area contributed by atoms with E-state index in [2.05, 4.69) is 15.8 Å². The molecule has 21 heavy (non-hydrogen) atoms. The van der Waals surface area contributed by atoms with E-state index >= 15 is 0 Å². The van der Waals surface area contributed by atoms with Crippen LogP contribution in [0.25, 0.3) is 0 Å². The van der Waals surface area contributed by atoms with E-state index in [1.807, 2.05) is 6.07 Å². The van der Waals surface area contributed by atoms with Crippen molar-refractivity contribution >= 4 is 11.8 Å². The van der Waals surface area contributed by atoms with Crippen LogP contribution in [0, 0.1) is 18.3 Å². The van der Waals surface area contributed by atoms with Gasteiger partial charge in [0.1, 0.15) is 0 Å². The molecule has 0 radical (unpaired) electrons. The van der Waals surface area contributed by atoms with Crippen LogP contribution in [0.1, 0.15) is 31.8 Å². The number of pyridine rings is 1. The minimum Gasteiger partial charge on any atom is -0.267 e. The highest BCUT2D eigenvalue weighted by molar-refractivity contribution is 5.99. The summed E-state index contributed by atoms with van der Waals surface area (Å²) in [5.41, 5.74) is 6.41. The quantitative estimate of drug-likeness (QED) is 0.811. The Morgan fingerprint density at radius 1 is 1.14 bits per heavy atom. The molecular weight excluding hydrogens is 268 g/mol. The SMILES string of the molecule is Cc1ccc(C(=O)NNC(=O)c2cccnc2)cc1C#N. The summed E-state index contributed by atoms with van der Waals surface area (Å²) in [7, 11) is 0. The van der Waals surface area contributed by atoms with Crippen molar-refractivity contribution in [1.29, 1.82) is 5.26 Å². The first kappa shape index (κ1) is 14.2. The summed E-state index contributed by atoms with van der Waals surface area (Å²) in [6.07, 6.45) is 2.94. The van der Waals surface area contributed by atoms with Crippen LogP contribution in [0.2, 0.25) is 0 Å². The van der Waals surface area contributed by atoms with Crippen LogP contribution in [0.4, 0.5) is 0 Å². The fourth-order valence-corrected chi connectivity index (χ4v) is 1.64. The summed E-state index contributed by atoms with van der Waals surface area (Å²) in [5.74, 6) is -0.965. The number of hydrogen-bond acceptors (Lipinski definition) is 4. The second-order valence-corrected chi connectivity index (χ2v) is 4.29. The van der Waals surface area contributed by atoms with Crippen LogP contribution >= 0.6 is 0 Å². The maximum absolute atomic E-state index is 11.9. The summed E-state index contributed by atoms with van der Waals surface area (Å²) in [6.45, 7) is 1.78. The zero-order chi connectivity index (χ0) is 15.2. The van der Waals surface area contributed by atoms with Gasteiger partial charge in [0.25, 0.3) is 11.8 Å². The standard InChI is InChI=1S/C15H12N4O2/c1-10-4-5-11(7-13(10)8-16)14(20)18-19-15(21)12-3-2-6-17-9-12/h2-7,9H,1H3,(H,18,20)(H,19,21). The van der Waals surface area contributed by atoms with Crippen molar-refractivity contribution in [2.45, 2.75) is 6.92 Å². The highest BCUT2D eigenvalue weighted by atomic mass is 16.2. The Morgan fingerprint density at radius 3 is 2.48 bits per heavy atom. The maximum atomic E-state index is 11.9. The van der Waals surface area contributed by atoms with E-state index < -0.39 is 11.8 Å². The molecule has 0 saturated carbocycles. The number of nitriles is 1. The van der Waals surface area contributed by atoms with Gasteiger partial charge in [-0.25, -0.2) is 0 Å². The monoisotopic (exact) mass is 280 g/mol. The number of nitrogens with one attached hydrogen (secondary N) is 2. The summed E-state index contributed by atoms with van der Waals surface area (Å²) in [5, 5.41) is 8.93. The van der Waals surface area contributed by atoms with E-state index in [1.165, 1.54) is 12.3 Å². The fraction of sp³-hybridized carbons (Fsp3) is 0.0667. The Balaban J connectivity index is 2.03. The first-order valence-electron chi connectivity index (χ1n) is 6.13. The second kappa shape index (κ2) is 6.30. The molecule has 6 heteroatoms. The molecule has 2 amide bonds.